The van der Waals surface area contributed by atoms with E-state index in [4.69, 9.17) is 0 Å². The summed E-state index contributed by atoms with van der Waals surface area (Å²) >= 11 is 0. The summed E-state index contributed by atoms with van der Waals surface area (Å²) in [6.07, 6.45) is 4.42. The molecule has 0 bridgehead atoms. The van der Waals surface area contributed by atoms with Crippen LogP contribution < -0.4 is 0 Å². The number of hydrogen-bond acceptors (Lipinski definition) is 2. The van der Waals surface area contributed by atoms with Crippen LogP contribution in [0.1, 0.15) is 24.5 Å². The van der Waals surface area contributed by atoms with E-state index in [2.05, 4.69) is 47.3 Å². The van der Waals surface area contributed by atoms with Crippen molar-refractivity contribution in [3.05, 3.63) is 42.2 Å². The van der Waals surface area contributed by atoms with Gasteiger partial charge in [-0.3, -0.25) is 4.98 Å². The molecule has 0 N–H and O–H groups in total. The van der Waals surface area contributed by atoms with Crippen LogP contribution in [0.25, 0.3) is 10.8 Å². The highest BCUT2D eigenvalue weighted by molar-refractivity contribution is 5.84. The van der Waals surface area contributed by atoms with Crippen LogP contribution in [0.15, 0.2) is 36.5 Å². The van der Waals surface area contributed by atoms with Gasteiger partial charge in [0.15, 0.2) is 0 Å². The first-order valence-electron chi connectivity index (χ1n) is 6.37. The van der Waals surface area contributed by atoms with Crippen LogP contribution in [0.4, 0.5) is 0 Å². The summed E-state index contributed by atoms with van der Waals surface area (Å²) < 4.78 is 0. The average Bonchev–Trinajstić information content (AvgIpc) is 2.39. The number of rotatable bonds is 1. The van der Waals surface area contributed by atoms with E-state index in [1.54, 1.807) is 0 Å². The van der Waals surface area contributed by atoms with Gasteiger partial charge in [-0.05, 0) is 44.4 Å². The SMILES string of the molecule is CN1CCC(c2nccc3ccccc23)CC1. The van der Waals surface area contributed by atoms with Gasteiger partial charge >= 0.3 is 0 Å². The predicted octanol–water partition coefficient (Wildman–Crippen LogP) is 3.04. The molecule has 1 aliphatic rings. The third kappa shape index (κ3) is 2.05. The molecule has 3 rings (SSSR count). The maximum atomic E-state index is 4.64. The van der Waals surface area contributed by atoms with Crippen LogP contribution in [0, 0.1) is 0 Å². The standard InChI is InChI=1S/C15H18N2/c1-17-10-7-13(8-11-17)15-14-5-3-2-4-12(14)6-9-16-15/h2-6,9,13H,7-8,10-11H2,1H3. The zero-order chi connectivity index (χ0) is 11.7. The van der Waals surface area contributed by atoms with E-state index >= 15 is 0 Å². The molecule has 1 fully saturated rings. The monoisotopic (exact) mass is 226 g/mol. The number of likely N-dealkylation sites (tertiary alicyclic amines) is 1. The molecule has 0 aliphatic carbocycles. The molecule has 2 heterocycles. The Morgan fingerprint density at radius 1 is 1.12 bits per heavy atom. The number of piperidine rings is 1. The smallest absolute Gasteiger partial charge is 0.0513 e. The molecule has 0 saturated carbocycles. The number of aromatic nitrogens is 1. The molecule has 0 amide bonds. The van der Waals surface area contributed by atoms with Gasteiger partial charge in [0.05, 0.1) is 5.69 Å². The molecule has 1 aromatic carbocycles. The maximum absolute atomic E-state index is 4.64. The van der Waals surface area contributed by atoms with Gasteiger partial charge < -0.3 is 4.90 Å². The lowest BCUT2D eigenvalue weighted by atomic mass is 9.90. The summed E-state index contributed by atoms with van der Waals surface area (Å²) in [5.41, 5.74) is 1.30. The fraction of sp³-hybridized carbons (Fsp3) is 0.400. The number of pyridine rings is 1. The van der Waals surface area contributed by atoms with Crippen LogP contribution in [0.3, 0.4) is 0 Å². The summed E-state index contributed by atoms with van der Waals surface area (Å²) in [6.45, 7) is 2.38. The highest BCUT2D eigenvalue weighted by atomic mass is 15.1. The van der Waals surface area contributed by atoms with Crippen LogP contribution in [-0.4, -0.2) is 30.0 Å². The first-order chi connectivity index (χ1) is 8.34. The van der Waals surface area contributed by atoms with Gasteiger partial charge in [-0.1, -0.05) is 24.3 Å². The maximum Gasteiger partial charge on any atom is 0.0513 e. The number of benzene rings is 1. The second kappa shape index (κ2) is 4.46. The quantitative estimate of drug-likeness (QED) is 0.743. The number of fused-ring (bicyclic) bond motifs is 1. The average molecular weight is 226 g/mol. The molecule has 2 nitrogen and oxygen atoms in total. The second-order valence-electron chi connectivity index (χ2n) is 4.99. The van der Waals surface area contributed by atoms with E-state index in [9.17, 15) is 0 Å². The molecule has 1 aliphatic heterocycles. The molecule has 0 atom stereocenters. The topological polar surface area (TPSA) is 16.1 Å². The first kappa shape index (κ1) is 10.7. The molecule has 88 valence electrons. The second-order valence-corrected chi connectivity index (χ2v) is 4.99. The molecule has 2 heteroatoms. The molecular formula is C15H18N2. The summed E-state index contributed by atoms with van der Waals surface area (Å²) in [5, 5.41) is 2.65. The van der Waals surface area contributed by atoms with Crippen LogP contribution in [-0.2, 0) is 0 Å². The Hall–Kier alpha value is -1.41. The fourth-order valence-electron chi connectivity index (χ4n) is 2.75. The van der Waals surface area contributed by atoms with E-state index in [0.717, 1.165) is 0 Å². The molecule has 0 unspecified atom stereocenters. The first-order valence-corrected chi connectivity index (χ1v) is 6.37. The van der Waals surface area contributed by atoms with Crippen molar-refractivity contribution < 1.29 is 0 Å². The van der Waals surface area contributed by atoms with E-state index in [1.807, 2.05) is 6.20 Å². The highest BCUT2D eigenvalue weighted by Gasteiger charge is 2.20. The van der Waals surface area contributed by atoms with E-state index in [0.29, 0.717) is 5.92 Å². The van der Waals surface area contributed by atoms with Crippen molar-refractivity contribution in [2.24, 2.45) is 0 Å². The highest BCUT2D eigenvalue weighted by Crippen LogP contribution is 2.30. The fourth-order valence-corrected chi connectivity index (χ4v) is 2.75. The molecule has 1 saturated heterocycles. The summed E-state index contributed by atoms with van der Waals surface area (Å²) in [5.74, 6) is 0.636. The third-order valence-corrected chi connectivity index (χ3v) is 3.81. The Morgan fingerprint density at radius 3 is 2.71 bits per heavy atom. The summed E-state index contributed by atoms with van der Waals surface area (Å²) in [6, 6.07) is 10.7. The van der Waals surface area contributed by atoms with Gasteiger partial charge in [-0.25, -0.2) is 0 Å². The predicted molar refractivity (Wildman–Crippen MR) is 71.2 cm³/mol. The molecule has 17 heavy (non-hydrogen) atoms. The summed E-state index contributed by atoms with van der Waals surface area (Å²) in [7, 11) is 2.20. The third-order valence-electron chi connectivity index (χ3n) is 3.81. The Morgan fingerprint density at radius 2 is 1.88 bits per heavy atom. The largest absolute Gasteiger partial charge is 0.306 e. The Kier molecular flexibility index (Phi) is 2.81. The minimum Gasteiger partial charge on any atom is -0.306 e. The molecule has 1 aromatic heterocycles. The minimum absolute atomic E-state index is 0.636. The van der Waals surface area contributed by atoms with Crippen molar-refractivity contribution in [3.8, 4) is 0 Å². The van der Waals surface area contributed by atoms with Crippen LogP contribution >= 0.6 is 0 Å². The van der Waals surface area contributed by atoms with Gasteiger partial charge in [0.25, 0.3) is 0 Å². The van der Waals surface area contributed by atoms with Crippen molar-refractivity contribution in [2.45, 2.75) is 18.8 Å². The van der Waals surface area contributed by atoms with Crippen molar-refractivity contribution in [1.82, 2.24) is 9.88 Å². The normalized spacial score (nSPS) is 18.6. The van der Waals surface area contributed by atoms with Gasteiger partial charge in [0, 0.05) is 17.5 Å². The summed E-state index contributed by atoms with van der Waals surface area (Å²) in [4.78, 5) is 7.04. The Labute approximate surface area is 102 Å². The van der Waals surface area contributed by atoms with Gasteiger partial charge in [0.1, 0.15) is 0 Å². The lowest BCUT2D eigenvalue weighted by molar-refractivity contribution is 0.254. The van der Waals surface area contributed by atoms with Crippen molar-refractivity contribution in [1.29, 1.82) is 0 Å². The lowest BCUT2D eigenvalue weighted by Gasteiger charge is -2.29. The molecule has 2 aromatic rings. The zero-order valence-electron chi connectivity index (χ0n) is 10.3. The number of hydrogen-bond donors (Lipinski definition) is 0. The van der Waals surface area contributed by atoms with Crippen molar-refractivity contribution >= 4 is 10.8 Å². The molecule has 0 spiro atoms. The van der Waals surface area contributed by atoms with Crippen molar-refractivity contribution in [3.63, 3.8) is 0 Å². The van der Waals surface area contributed by atoms with E-state index < -0.39 is 0 Å². The van der Waals surface area contributed by atoms with Gasteiger partial charge in [-0.2, -0.15) is 0 Å². The van der Waals surface area contributed by atoms with Crippen molar-refractivity contribution in [2.75, 3.05) is 20.1 Å². The molecular weight excluding hydrogens is 208 g/mol. The van der Waals surface area contributed by atoms with E-state index in [1.165, 1.54) is 42.4 Å². The lowest BCUT2D eigenvalue weighted by Crippen LogP contribution is -2.29. The zero-order valence-corrected chi connectivity index (χ0v) is 10.3. The van der Waals surface area contributed by atoms with Crippen LogP contribution in [0.5, 0.6) is 0 Å². The minimum atomic E-state index is 0.636. The van der Waals surface area contributed by atoms with Gasteiger partial charge in [0.2, 0.25) is 0 Å². The van der Waals surface area contributed by atoms with Gasteiger partial charge in [-0.15, -0.1) is 0 Å². The Balaban J connectivity index is 2.00. The number of nitrogens with zero attached hydrogens (tertiary/aromatic N) is 2. The van der Waals surface area contributed by atoms with E-state index in [-0.39, 0.29) is 0 Å². The Bertz CT molecular complexity index is 508. The van der Waals surface area contributed by atoms with Crippen LogP contribution in [0.2, 0.25) is 0 Å². The molecule has 0 radical (unpaired) electrons.